The first-order valence-electron chi connectivity index (χ1n) is 9.42. The maximum Gasteiger partial charge on any atom is 0.319 e. The fourth-order valence-corrected chi connectivity index (χ4v) is 3.34. The highest BCUT2D eigenvalue weighted by atomic mass is 35.5. The van der Waals surface area contributed by atoms with Gasteiger partial charge in [-0.25, -0.2) is 4.79 Å². The number of ether oxygens (including phenoxy) is 1. The van der Waals surface area contributed by atoms with E-state index in [0.717, 1.165) is 25.7 Å². The van der Waals surface area contributed by atoms with Gasteiger partial charge in [-0.1, -0.05) is 11.6 Å². The summed E-state index contributed by atoms with van der Waals surface area (Å²) in [4.78, 5) is 23.8. The normalized spacial score (nSPS) is 24.9. The van der Waals surface area contributed by atoms with Crippen LogP contribution in [0, 0.1) is 5.92 Å². The predicted octanol–water partition coefficient (Wildman–Crippen LogP) is 2.29. The Bertz CT molecular complexity index is 651. The molecule has 3 rings (SSSR count). The molecule has 4 N–H and O–H groups in total. The van der Waals surface area contributed by atoms with Crippen LogP contribution in [0.4, 0.5) is 10.5 Å². The fraction of sp³-hybridized carbons (Fsp3) is 0.579. The third kappa shape index (κ3) is 6.09. The van der Waals surface area contributed by atoms with Crippen LogP contribution < -0.4 is 16.0 Å². The zero-order valence-corrected chi connectivity index (χ0v) is 15.9. The second kappa shape index (κ2) is 9.39. The quantitative estimate of drug-likeness (QED) is 0.569. The average Bonchev–Trinajstić information content (AvgIpc) is 3.50. The molecule has 7 nitrogen and oxygen atoms in total. The van der Waals surface area contributed by atoms with Crippen molar-refractivity contribution in [1.82, 2.24) is 10.6 Å². The van der Waals surface area contributed by atoms with E-state index in [4.69, 9.17) is 16.3 Å². The van der Waals surface area contributed by atoms with Gasteiger partial charge in [0.2, 0.25) is 5.91 Å². The van der Waals surface area contributed by atoms with E-state index in [1.54, 1.807) is 24.3 Å². The van der Waals surface area contributed by atoms with Crippen molar-refractivity contribution in [3.05, 3.63) is 29.3 Å². The summed E-state index contributed by atoms with van der Waals surface area (Å²) in [6.07, 6.45) is 3.66. The van der Waals surface area contributed by atoms with Crippen LogP contribution in [0.25, 0.3) is 0 Å². The Labute approximate surface area is 163 Å². The van der Waals surface area contributed by atoms with Crippen LogP contribution in [0.1, 0.15) is 32.1 Å². The molecule has 3 atom stereocenters. The van der Waals surface area contributed by atoms with E-state index in [0.29, 0.717) is 23.7 Å². The molecule has 0 unspecified atom stereocenters. The summed E-state index contributed by atoms with van der Waals surface area (Å²) in [5, 5.41) is 18.7. The number of amides is 3. The molecule has 3 amide bonds. The van der Waals surface area contributed by atoms with Crippen molar-refractivity contribution in [2.24, 2.45) is 5.92 Å². The molecule has 1 saturated heterocycles. The molecule has 27 heavy (non-hydrogen) atoms. The molecule has 8 heteroatoms. The van der Waals surface area contributed by atoms with E-state index in [1.807, 2.05) is 0 Å². The SMILES string of the molecule is O=C(NCC[C@@H]1CC[C@H](NC(=O)C2CC2)[C@@H](CO)O1)Nc1ccc(Cl)cc1. The Balaban J connectivity index is 1.36. The minimum atomic E-state index is -0.394. The summed E-state index contributed by atoms with van der Waals surface area (Å²) in [5.74, 6) is 0.214. The fourth-order valence-electron chi connectivity index (χ4n) is 3.21. The summed E-state index contributed by atoms with van der Waals surface area (Å²) >= 11 is 5.81. The molecule has 1 aromatic carbocycles. The lowest BCUT2D eigenvalue weighted by Crippen LogP contribution is -2.51. The van der Waals surface area contributed by atoms with Crippen LogP contribution in [0.3, 0.4) is 0 Å². The van der Waals surface area contributed by atoms with Gasteiger partial charge < -0.3 is 25.8 Å². The van der Waals surface area contributed by atoms with Crippen LogP contribution in [0.15, 0.2) is 24.3 Å². The van der Waals surface area contributed by atoms with Gasteiger partial charge >= 0.3 is 6.03 Å². The predicted molar refractivity (Wildman–Crippen MR) is 103 cm³/mol. The monoisotopic (exact) mass is 395 g/mol. The van der Waals surface area contributed by atoms with Gasteiger partial charge in [-0.3, -0.25) is 4.79 Å². The van der Waals surface area contributed by atoms with Gasteiger partial charge in [0, 0.05) is 23.2 Å². The van der Waals surface area contributed by atoms with Gasteiger partial charge in [-0.15, -0.1) is 0 Å². The van der Waals surface area contributed by atoms with Gasteiger partial charge in [0.15, 0.2) is 0 Å². The molecule has 1 heterocycles. The van der Waals surface area contributed by atoms with Crippen LogP contribution in [-0.2, 0) is 9.53 Å². The molecule has 0 bridgehead atoms. The maximum atomic E-state index is 11.9. The summed E-state index contributed by atoms with van der Waals surface area (Å²) in [7, 11) is 0. The van der Waals surface area contributed by atoms with Crippen molar-refractivity contribution in [3.8, 4) is 0 Å². The number of aliphatic hydroxyl groups excluding tert-OH is 1. The van der Waals surface area contributed by atoms with Crippen LogP contribution >= 0.6 is 11.6 Å². The number of urea groups is 1. The van der Waals surface area contributed by atoms with E-state index in [1.165, 1.54) is 0 Å². The van der Waals surface area contributed by atoms with E-state index in [2.05, 4.69) is 16.0 Å². The van der Waals surface area contributed by atoms with Crippen molar-refractivity contribution in [2.75, 3.05) is 18.5 Å². The molecule has 2 aliphatic rings. The highest BCUT2D eigenvalue weighted by molar-refractivity contribution is 6.30. The largest absolute Gasteiger partial charge is 0.394 e. The van der Waals surface area contributed by atoms with E-state index in [-0.39, 0.29) is 36.6 Å². The second-order valence-corrected chi connectivity index (χ2v) is 7.56. The Morgan fingerprint density at radius 2 is 1.89 bits per heavy atom. The minimum Gasteiger partial charge on any atom is -0.394 e. The summed E-state index contributed by atoms with van der Waals surface area (Å²) in [6, 6.07) is 6.45. The Kier molecular flexibility index (Phi) is 6.93. The molecule has 1 aromatic rings. The third-order valence-electron chi connectivity index (χ3n) is 4.93. The number of rotatable bonds is 7. The summed E-state index contributed by atoms with van der Waals surface area (Å²) in [6.45, 7) is 0.331. The number of hydrogen-bond donors (Lipinski definition) is 4. The smallest absolute Gasteiger partial charge is 0.319 e. The van der Waals surface area contributed by atoms with Crippen molar-refractivity contribution in [1.29, 1.82) is 0 Å². The first-order chi connectivity index (χ1) is 13.0. The van der Waals surface area contributed by atoms with Crippen molar-refractivity contribution >= 4 is 29.2 Å². The highest BCUT2D eigenvalue weighted by Crippen LogP contribution is 2.30. The molecular weight excluding hydrogens is 370 g/mol. The van der Waals surface area contributed by atoms with Crippen LogP contribution in [0.5, 0.6) is 0 Å². The van der Waals surface area contributed by atoms with E-state index < -0.39 is 6.10 Å². The maximum absolute atomic E-state index is 11.9. The third-order valence-corrected chi connectivity index (χ3v) is 5.18. The van der Waals surface area contributed by atoms with E-state index in [9.17, 15) is 14.7 Å². The zero-order valence-electron chi connectivity index (χ0n) is 15.1. The second-order valence-electron chi connectivity index (χ2n) is 7.12. The number of carbonyl (C=O) groups excluding carboxylic acids is 2. The van der Waals surface area contributed by atoms with E-state index >= 15 is 0 Å². The van der Waals surface area contributed by atoms with Gasteiger partial charge in [0.05, 0.1) is 18.8 Å². The molecular formula is C19H26ClN3O4. The molecule has 0 aromatic heterocycles. The van der Waals surface area contributed by atoms with Crippen molar-refractivity contribution in [2.45, 2.75) is 50.4 Å². The molecule has 1 saturated carbocycles. The van der Waals surface area contributed by atoms with Crippen LogP contribution in [-0.4, -0.2) is 48.4 Å². The molecule has 148 valence electrons. The van der Waals surface area contributed by atoms with Gasteiger partial charge in [0.25, 0.3) is 0 Å². The lowest BCUT2D eigenvalue weighted by Gasteiger charge is -2.36. The number of benzene rings is 1. The number of aliphatic hydroxyl groups is 1. The van der Waals surface area contributed by atoms with Gasteiger partial charge in [-0.2, -0.15) is 0 Å². The lowest BCUT2D eigenvalue weighted by molar-refractivity contribution is -0.129. The number of hydrogen-bond acceptors (Lipinski definition) is 4. The summed E-state index contributed by atoms with van der Waals surface area (Å²) < 4.78 is 5.91. The zero-order chi connectivity index (χ0) is 19.2. The minimum absolute atomic E-state index is 0.0490. The Hall–Kier alpha value is -1.83. The number of carbonyl (C=O) groups is 2. The molecule has 1 aliphatic heterocycles. The topological polar surface area (TPSA) is 99.7 Å². The van der Waals surface area contributed by atoms with Gasteiger partial charge in [-0.05, 0) is 56.4 Å². The lowest BCUT2D eigenvalue weighted by atomic mass is 9.97. The van der Waals surface area contributed by atoms with Crippen molar-refractivity contribution in [3.63, 3.8) is 0 Å². The number of anilines is 1. The molecule has 0 radical (unpaired) electrons. The Morgan fingerprint density at radius 1 is 1.15 bits per heavy atom. The molecule has 0 spiro atoms. The number of nitrogens with one attached hydrogen (secondary N) is 3. The van der Waals surface area contributed by atoms with Crippen molar-refractivity contribution < 1.29 is 19.4 Å². The van der Waals surface area contributed by atoms with Gasteiger partial charge in [0.1, 0.15) is 6.10 Å². The summed E-state index contributed by atoms with van der Waals surface area (Å²) in [5.41, 5.74) is 0.667. The Morgan fingerprint density at radius 3 is 2.56 bits per heavy atom. The average molecular weight is 396 g/mol. The first-order valence-corrected chi connectivity index (χ1v) is 9.80. The van der Waals surface area contributed by atoms with Crippen LogP contribution in [0.2, 0.25) is 5.02 Å². The highest BCUT2D eigenvalue weighted by Gasteiger charge is 2.36. The first kappa shape index (κ1) is 19.9. The molecule has 2 fully saturated rings. The molecule has 1 aliphatic carbocycles. The number of halogens is 1. The standard InChI is InChI=1S/C19H26ClN3O4/c20-13-3-5-14(6-4-13)22-19(26)21-10-9-15-7-8-16(17(11-24)27-15)23-18(25)12-1-2-12/h3-6,12,15-17,24H,1-2,7-11H2,(H,23,25)(H2,21,22,26)/t15-,16-,17+/m0/s1.